The largest absolute Gasteiger partial charge is 0.386 e. The lowest BCUT2D eigenvalue weighted by molar-refractivity contribution is 0.291. The Balaban J connectivity index is 2.14. The van der Waals surface area contributed by atoms with Gasteiger partial charge in [0.2, 0.25) is 0 Å². The average molecular weight is 237 g/mol. The summed E-state index contributed by atoms with van der Waals surface area (Å²) in [6.07, 6.45) is 7.60. The zero-order valence-corrected chi connectivity index (χ0v) is 11.6. The minimum absolute atomic E-state index is 0.573. The second-order valence-corrected chi connectivity index (χ2v) is 4.71. The van der Waals surface area contributed by atoms with Crippen molar-refractivity contribution in [3.63, 3.8) is 0 Å². The van der Waals surface area contributed by atoms with Crippen molar-refractivity contribution >= 4 is 6.21 Å². The minimum atomic E-state index is 0.573. The first kappa shape index (κ1) is 14.2. The molecule has 17 heavy (non-hydrogen) atoms. The minimum Gasteiger partial charge on any atom is -0.386 e. The molecule has 0 aromatic heterocycles. The standard InChI is InChI=1S/C14H27N3/c1-4-17(5-2)12-6-7-13(3)16-14-8-10-15-11-9-14/h8,10,13,16H,4-7,9,11-12H2,1-3H3. The lowest BCUT2D eigenvalue weighted by atomic mass is 10.1. The summed E-state index contributed by atoms with van der Waals surface area (Å²) in [5.74, 6) is 0. The Hall–Kier alpha value is -0.830. The summed E-state index contributed by atoms with van der Waals surface area (Å²) in [7, 11) is 0. The molecule has 1 N–H and O–H groups in total. The van der Waals surface area contributed by atoms with Crippen molar-refractivity contribution in [2.45, 2.75) is 46.1 Å². The molecule has 0 amide bonds. The van der Waals surface area contributed by atoms with Gasteiger partial charge >= 0.3 is 0 Å². The fraction of sp³-hybridized carbons (Fsp3) is 0.786. The third kappa shape index (κ3) is 5.87. The maximum atomic E-state index is 4.19. The van der Waals surface area contributed by atoms with Crippen LogP contribution in [0.1, 0.15) is 40.0 Å². The van der Waals surface area contributed by atoms with Crippen molar-refractivity contribution in [2.75, 3.05) is 26.2 Å². The summed E-state index contributed by atoms with van der Waals surface area (Å²) < 4.78 is 0. The number of rotatable bonds is 8. The van der Waals surface area contributed by atoms with Crippen LogP contribution in [0, 0.1) is 0 Å². The predicted octanol–water partition coefficient (Wildman–Crippen LogP) is 2.44. The molecule has 0 saturated carbocycles. The molecule has 1 unspecified atom stereocenters. The summed E-state index contributed by atoms with van der Waals surface area (Å²) >= 11 is 0. The van der Waals surface area contributed by atoms with Gasteiger partial charge in [-0.1, -0.05) is 13.8 Å². The van der Waals surface area contributed by atoms with Crippen LogP contribution < -0.4 is 5.32 Å². The molecular weight excluding hydrogens is 210 g/mol. The number of nitrogens with zero attached hydrogens (tertiary/aromatic N) is 2. The van der Waals surface area contributed by atoms with Crippen LogP contribution in [0.5, 0.6) is 0 Å². The molecule has 1 aliphatic rings. The topological polar surface area (TPSA) is 27.6 Å². The maximum absolute atomic E-state index is 4.19. The van der Waals surface area contributed by atoms with Crippen molar-refractivity contribution in [1.29, 1.82) is 0 Å². The van der Waals surface area contributed by atoms with Crippen molar-refractivity contribution < 1.29 is 0 Å². The van der Waals surface area contributed by atoms with Crippen LogP contribution in [0.15, 0.2) is 16.8 Å². The van der Waals surface area contributed by atoms with Crippen molar-refractivity contribution in [2.24, 2.45) is 4.99 Å². The SMILES string of the molecule is CCN(CC)CCCC(C)NC1=CC=NCC1. The quantitative estimate of drug-likeness (QED) is 0.702. The highest BCUT2D eigenvalue weighted by Crippen LogP contribution is 2.06. The molecule has 0 bridgehead atoms. The molecule has 0 fully saturated rings. The first-order chi connectivity index (χ1) is 8.26. The Morgan fingerprint density at radius 3 is 2.76 bits per heavy atom. The molecule has 1 aliphatic heterocycles. The molecule has 1 heterocycles. The fourth-order valence-corrected chi connectivity index (χ4v) is 2.16. The van der Waals surface area contributed by atoms with Gasteiger partial charge in [-0.3, -0.25) is 4.99 Å². The first-order valence-electron chi connectivity index (χ1n) is 6.94. The molecule has 0 aliphatic carbocycles. The first-order valence-corrected chi connectivity index (χ1v) is 6.94. The Morgan fingerprint density at radius 2 is 2.18 bits per heavy atom. The Morgan fingerprint density at radius 1 is 1.41 bits per heavy atom. The predicted molar refractivity (Wildman–Crippen MR) is 75.7 cm³/mol. The van der Waals surface area contributed by atoms with Gasteiger partial charge in [-0.15, -0.1) is 0 Å². The van der Waals surface area contributed by atoms with Gasteiger partial charge in [0.05, 0.1) is 0 Å². The molecular formula is C14H27N3. The lowest BCUT2D eigenvalue weighted by Gasteiger charge is -2.21. The van der Waals surface area contributed by atoms with Crippen LogP contribution in [0.25, 0.3) is 0 Å². The van der Waals surface area contributed by atoms with Gasteiger partial charge in [0.15, 0.2) is 0 Å². The van der Waals surface area contributed by atoms with Crippen LogP contribution in [0.2, 0.25) is 0 Å². The summed E-state index contributed by atoms with van der Waals surface area (Å²) in [4.78, 5) is 6.68. The van der Waals surface area contributed by atoms with E-state index in [2.05, 4.69) is 42.1 Å². The van der Waals surface area contributed by atoms with Crippen molar-refractivity contribution in [3.8, 4) is 0 Å². The van der Waals surface area contributed by atoms with Crippen LogP contribution >= 0.6 is 0 Å². The van der Waals surface area contributed by atoms with Gasteiger partial charge in [0.25, 0.3) is 0 Å². The summed E-state index contributed by atoms with van der Waals surface area (Å²) in [5.41, 5.74) is 1.34. The Bertz CT molecular complexity index is 254. The van der Waals surface area contributed by atoms with E-state index in [0.717, 1.165) is 13.0 Å². The second kappa shape index (κ2) is 8.29. The van der Waals surface area contributed by atoms with Crippen LogP contribution in [-0.2, 0) is 0 Å². The number of allylic oxidation sites excluding steroid dienone is 1. The third-order valence-corrected chi connectivity index (χ3v) is 3.33. The number of dihydropyridines is 1. The zero-order valence-electron chi connectivity index (χ0n) is 11.6. The van der Waals surface area contributed by atoms with E-state index in [-0.39, 0.29) is 0 Å². The van der Waals surface area contributed by atoms with Crippen LogP contribution in [0.3, 0.4) is 0 Å². The highest BCUT2D eigenvalue weighted by atomic mass is 15.1. The molecule has 0 aromatic carbocycles. The summed E-state index contributed by atoms with van der Waals surface area (Å²) in [6, 6.07) is 0.573. The summed E-state index contributed by atoms with van der Waals surface area (Å²) in [5, 5.41) is 3.58. The highest BCUT2D eigenvalue weighted by molar-refractivity contribution is 5.72. The molecule has 3 nitrogen and oxygen atoms in total. The number of nitrogens with one attached hydrogen (secondary N) is 1. The Labute approximate surface area is 106 Å². The average Bonchev–Trinajstić information content (AvgIpc) is 2.36. The molecule has 98 valence electrons. The summed E-state index contributed by atoms with van der Waals surface area (Å²) in [6.45, 7) is 11.2. The van der Waals surface area contributed by atoms with Gasteiger partial charge in [-0.25, -0.2) is 0 Å². The van der Waals surface area contributed by atoms with Crippen molar-refractivity contribution in [1.82, 2.24) is 10.2 Å². The zero-order chi connectivity index (χ0) is 12.5. The van der Waals surface area contributed by atoms with Gasteiger partial charge in [-0.05, 0) is 45.5 Å². The number of aliphatic imine (C=N–C) groups is 1. The molecule has 0 radical (unpaired) electrons. The van der Waals surface area contributed by atoms with Gasteiger partial charge < -0.3 is 10.2 Å². The maximum Gasteiger partial charge on any atom is 0.0443 e. The molecule has 0 spiro atoms. The fourth-order valence-electron chi connectivity index (χ4n) is 2.16. The van der Waals surface area contributed by atoms with E-state index in [1.54, 1.807) is 0 Å². The van der Waals surface area contributed by atoms with Gasteiger partial charge in [0, 0.05) is 30.9 Å². The van der Waals surface area contributed by atoms with Gasteiger partial charge in [-0.2, -0.15) is 0 Å². The van der Waals surface area contributed by atoms with E-state index in [1.165, 1.54) is 38.2 Å². The number of hydrogen-bond acceptors (Lipinski definition) is 3. The van der Waals surface area contributed by atoms with E-state index >= 15 is 0 Å². The molecule has 3 heteroatoms. The molecule has 0 saturated heterocycles. The second-order valence-electron chi connectivity index (χ2n) is 4.71. The van der Waals surface area contributed by atoms with Crippen LogP contribution in [-0.4, -0.2) is 43.3 Å². The van der Waals surface area contributed by atoms with E-state index in [1.807, 2.05) is 6.21 Å². The molecule has 1 atom stereocenters. The van der Waals surface area contributed by atoms with Gasteiger partial charge in [0.1, 0.15) is 0 Å². The normalized spacial score (nSPS) is 17.1. The molecule has 0 aromatic rings. The lowest BCUT2D eigenvalue weighted by Crippen LogP contribution is -2.29. The monoisotopic (exact) mass is 237 g/mol. The third-order valence-electron chi connectivity index (χ3n) is 3.33. The van der Waals surface area contributed by atoms with E-state index in [9.17, 15) is 0 Å². The smallest absolute Gasteiger partial charge is 0.0443 e. The highest BCUT2D eigenvalue weighted by Gasteiger charge is 2.06. The number of hydrogen-bond donors (Lipinski definition) is 1. The van der Waals surface area contributed by atoms with E-state index in [4.69, 9.17) is 0 Å². The molecule has 1 rings (SSSR count). The van der Waals surface area contributed by atoms with E-state index < -0.39 is 0 Å². The van der Waals surface area contributed by atoms with Crippen LogP contribution in [0.4, 0.5) is 0 Å². The Kier molecular flexibility index (Phi) is 6.94. The van der Waals surface area contributed by atoms with E-state index in [0.29, 0.717) is 6.04 Å². The van der Waals surface area contributed by atoms with Crippen molar-refractivity contribution in [3.05, 3.63) is 11.8 Å².